The Morgan fingerprint density at radius 2 is 1.88 bits per heavy atom. The summed E-state index contributed by atoms with van der Waals surface area (Å²) in [6, 6.07) is 14.1. The van der Waals surface area contributed by atoms with Gasteiger partial charge in [0.25, 0.3) is 0 Å². The third kappa shape index (κ3) is 2.61. The molecule has 0 N–H and O–H groups in total. The van der Waals surface area contributed by atoms with Gasteiger partial charge in [-0.05, 0) is 30.2 Å². The first-order valence-electron chi connectivity index (χ1n) is 5.37. The molecule has 0 fully saturated rings. The molecule has 1 atom stereocenters. The molecule has 1 nitrogen and oxygen atoms in total. The minimum Gasteiger partial charge on any atom is -0.261 e. The van der Waals surface area contributed by atoms with Crippen LogP contribution in [-0.2, 0) is 6.42 Å². The van der Waals surface area contributed by atoms with Crippen LogP contribution in [0.5, 0.6) is 0 Å². The Morgan fingerprint density at radius 1 is 1.12 bits per heavy atom. The highest BCUT2D eigenvalue weighted by molar-refractivity contribution is 6.21. The molecule has 0 aliphatic carbocycles. The zero-order valence-corrected chi connectivity index (χ0v) is 9.98. The molecule has 2 aromatic rings. The van der Waals surface area contributed by atoms with E-state index < -0.39 is 0 Å². The van der Waals surface area contributed by atoms with Gasteiger partial charge in [-0.15, -0.1) is 11.6 Å². The van der Waals surface area contributed by atoms with Crippen LogP contribution in [0.15, 0.2) is 48.7 Å². The highest BCUT2D eigenvalue weighted by Gasteiger charge is 2.11. The van der Waals surface area contributed by atoms with Gasteiger partial charge in [0.2, 0.25) is 0 Å². The molecule has 0 saturated carbocycles. The maximum Gasteiger partial charge on any atom is 0.0643 e. The smallest absolute Gasteiger partial charge is 0.0643 e. The SMILES string of the molecule is Cc1ccccc1C(Cl)Cc1ccccn1. The Balaban J connectivity index is 2.15. The van der Waals surface area contributed by atoms with Crippen molar-refractivity contribution in [3.05, 3.63) is 65.5 Å². The second-order valence-electron chi connectivity index (χ2n) is 3.85. The Labute approximate surface area is 101 Å². The molecule has 0 spiro atoms. The van der Waals surface area contributed by atoms with Crippen LogP contribution in [-0.4, -0.2) is 4.98 Å². The third-order valence-electron chi connectivity index (χ3n) is 2.64. The van der Waals surface area contributed by atoms with Crippen LogP contribution in [0.25, 0.3) is 0 Å². The summed E-state index contributed by atoms with van der Waals surface area (Å²) >= 11 is 6.41. The monoisotopic (exact) mass is 231 g/mol. The minimum absolute atomic E-state index is 0.00361. The lowest BCUT2D eigenvalue weighted by atomic mass is 10.0. The Hall–Kier alpha value is -1.34. The van der Waals surface area contributed by atoms with E-state index in [1.165, 1.54) is 11.1 Å². The second-order valence-corrected chi connectivity index (χ2v) is 4.38. The van der Waals surface area contributed by atoms with Crippen molar-refractivity contribution in [2.45, 2.75) is 18.7 Å². The van der Waals surface area contributed by atoms with Crippen molar-refractivity contribution in [3.63, 3.8) is 0 Å². The van der Waals surface area contributed by atoms with Crippen molar-refractivity contribution in [1.82, 2.24) is 4.98 Å². The van der Waals surface area contributed by atoms with Gasteiger partial charge in [0.15, 0.2) is 0 Å². The van der Waals surface area contributed by atoms with Crippen LogP contribution in [0.3, 0.4) is 0 Å². The van der Waals surface area contributed by atoms with Crippen LogP contribution >= 0.6 is 11.6 Å². The van der Waals surface area contributed by atoms with Gasteiger partial charge in [0.05, 0.1) is 5.38 Å². The Bertz CT molecular complexity index is 453. The van der Waals surface area contributed by atoms with Crippen LogP contribution < -0.4 is 0 Å². The van der Waals surface area contributed by atoms with Crippen molar-refractivity contribution in [1.29, 1.82) is 0 Å². The molecule has 0 radical (unpaired) electrons. The van der Waals surface area contributed by atoms with E-state index in [9.17, 15) is 0 Å². The van der Waals surface area contributed by atoms with Crippen molar-refractivity contribution in [2.75, 3.05) is 0 Å². The van der Waals surface area contributed by atoms with E-state index in [2.05, 4.69) is 24.0 Å². The average Bonchev–Trinajstić information content (AvgIpc) is 2.31. The van der Waals surface area contributed by atoms with E-state index in [4.69, 9.17) is 11.6 Å². The predicted molar refractivity (Wildman–Crippen MR) is 67.7 cm³/mol. The van der Waals surface area contributed by atoms with Crippen LogP contribution in [0, 0.1) is 6.92 Å². The van der Waals surface area contributed by atoms with Gasteiger partial charge in [-0.2, -0.15) is 0 Å². The molecule has 16 heavy (non-hydrogen) atoms. The van der Waals surface area contributed by atoms with E-state index >= 15 is 0 Å². The topological polar surface area (TPSA) is 12.9 Å². The average molecular weight is 232 g/mol. The Kier molecular flexibility index (Phi) is 3.58. The van der Waals surface area contributed by atoms with E-state index in [0.29, 0.717) is 0 Å². The first-order chi connectivity index (χ1) is 7.77. The van der Waals surface area contributed by atoms with E-state index in [-0.39, 0.29) is 5.38 Å². The van der Waals surface area contributed by atoms with Crippen LogP contribution in [0.2, 0.25) is 0 Å². The first-order valence-corrected chi connectivity index (χ1v) is 5.80. The molecule has 1 aromatic carbocycles. The van der Waals surface area contributed by atoms with Crippen molar-refractivity contribution >= 4 is 11.6 Å². The molecule has 82 valence electrons. The van der Waals surface area contributed by atoms with Crippen molar-refractivity contribution < 1.29 is 0 Å². The number of pyridine rings is 1. The summed E-state index contributed by atoms with van der Waals surface area (Å²) in [5.41, 5.74) is 3.46. The number of hydrogen-bond donors (Lipinski definition) is 0. The molecule has 0 amide bonds. The summed E-state index contributed by atoms with van der Waals surface area (Å²) in [6.45, 7) is 2.09. The number of alkyl halides is 1. The maximum absolute atomic E-state index is 6.41. The molecule has 0 bridgehead atoms. The van der Waals surface area contributed by atoms with Crippen molar-refractivity contribution in [3.8, 4) is 0 Å². The quantitative estimate of drug-likeness (QED) is 0.730. The fourth-order valence-corrected chi connectivity index (χ4v) is 2.15. The highest BCUT2D eigenvalue weighted by Crippen LogP contribution is 2.26. The molecule has 2 heteroatoms. The zero-order chi connectivity index (χ0) is 11.4. The number of halogens is 1. The van der Waals surface area contributed by atoms with Gasteiger partial charge >= 0.3 is 0 Å². The van der Waals surface area contributed by atoms with Gasteiger partial charge in [-0.1, -0.05) is 30.3 Å². The molecule has 1 aromatic heterocycles. The summed E-state index contributed by atoms with van der Waals surface area (Å²) in [5, 5.41) is -0.00361. The largest absolute Gasteiger partial charge is 0.261 e. The van der Waals surface area contributed by atoms with Gasteiger partial charge in [-0.25, -0.2) is 0 Å². The van der Waals surface area contributed by atoms with E-state index in [1.807, 2.05) is 30.3 Å². The van der Waals surface area contributed by atoms with Crippen LogP contribution in [0.1, 0.15) is 22.2 Å². The fraction of sp³-hybridized carbons (Fsp3) is 0.214. The number of aromatic nitrogens is 1. The molecule has 1 unspecified atom stereocenters. The second kappa shape index (κ2) is 5.13. The predicted octanol–water partition coefficient (Wildman–Crippen LogP) is 3.91. The molecular formula is C14H14ClN. The molecule has 2 rings (SSSR count). The molecule has 0 aliphatic rings. The fourth-order valence-electron chi connectivity index (χ4n) is 1.75. The van der Waals surface area contributed by atoms with E-state index in [0.717, 1.165) is 12.1 Å². The zero-order valence-electron chi connectivity index (χ0n) is 9.23. The summed E-state index contributed by atoms with van der Waals surface area (Å²) in [7, 11) is 0. The maximum atomic E-state index is 6.41. The molecule has 0 saturated heterocycles. The lowest BCUT2D eigenvalue weighted by Crippen LogP contribution is -1.99. The van der Waals surface area contributed by atoms with Gasteiger partial charge in [-0.3, -0.25) is 4.98 Å². The minimum atomic E-state index is -0.00361. The summed E-state index contributed by atoms with van der Waals surface area (Å²) in [5.74, 6) is 0. The number of rotatable bonds is 3. The number of nitrogens with zero attached hydrogens (tertiary/aromatic N) is 1. The lowest BCUT2D eigenvalue weighted by molar-refractivity contribution is 0.874. The van der Waals surface area contributed by atoms with Crippen LogP contribution in [0.4, 0.5) is 0 Å². The van der Waals surface area contributed by atoms with Crippen molar-refractivity contribution in [2.24, 2.45) is 0 Å². The van der Waals surface area contributed by atoms with Gasteiger partial charge in [0, 0.05) is 18.3 Å². The Morgan fingerprint density at radius 3 is 2.56 bits per heavy atom. The molecule has 0 aliphatic heterocycles. The standard InChI is InChI=1S/C14H14ClN/c1-11-6-2-3-8-13(11)14(15)10-12-7-4-5-9-16-12/h2-9,14H,10H2,1H3. The van der Waals surface area contributed by atoms with E-state index in [1.54, 1.807) is 6.20 Å². The first kappa shape index (κ1) is 11.2. The number of hydrogen-bond acceptors (Lipinski definition) is 1. The summed E-state index contributed by atoms with van der Waals surface area (Å²) in [4.78, 5) is 4.29. The lowest BCUT2D eigenvalue weighted by Gasteiger charge is -2.11. The van der Waals surface area contributed by atoms with Gasteiger partial charge in [0.1, 0.15) is 0 Å². The molecular weight excluding hydrogens is 218 g/mol. The summed E-state index contributed by atoms with van der Waals surface area (Å²) < 4.78 is 0. The number of aryl methyl sites for hydroxylation is 1. The van der Waals surface area contributed by atoms with Gasteiger partial charge < -0.3 is 0 Å². The number of benzene rings is 1. The normalized spacial score (nSPS) is 12.4. The summed E-state index contributed by atoms with van der Waals surface area (Å²) in [6.07, 6.45) is 2.57. The highest BCUT2D eigenvalue weighted by atomic mass is 35.5. The third-order valence-corrected chi connectivity index (χ3v) is 3.03. The molecule has 1 heterocycles.